The number of aromatic amines is 1. The SMILES string of the molecule is O=C(c1cccs1)N1CCc2nc([C@H]3CCCN(C(=O)C4CC4)C3)[nH]c(=O)c2C1. The first-order valence-electron chi connectivity index (χ1n) is 10.3. The van der Waals surface area contributed by atoms with E-state index >= 15 is 0 Å². The second-order valence-corrected chi connectivity index (χ2v) is 9.18. The predicted molar refractivity (Wildman–Crippen MR) is 109 cm³/mol. The van der Waals surface area contributed by atoms with Crippen LogP contribution in [0.2, 0.25) is 0 Å². The van der Waals surface area contributed by atoms with Crippen LogP contribution in [0, 0.1) is 5.92 Å². The fourth-order valence-electron chi connectivity index (χ4n) is 4.36. The molecule has 1 aliphatic carbocycles. The molecule has 0 unspecified atom stereocenters. The number of likely N-dealkylation sites (tertiary alicyclic amines) is 1. The molecule has 1 saturated carbocycles. The van der Waals surface area contributed by atoms with Crippen molar-refractivity contribution in [2.45, 2.75) is 44.6 Å². The molecule has 4 heterocycles. The van der Waals surface area contributed by atoms with E-state index in [-0.39, 0.29) is 29.2 Å². The molecule has 0 aromatic carbocycles. The number of hydrogen-bond donors (Lipinski definition) is 1. The van der Waals surface area contributed by atoms with E-state index in [0.29, 0.717) is 42.3 Å². The average molecular weight is 413 g/mol. The van der Waals surface area contributed by atoms with Crippen molar-refractivity contribution in [3.8, 4) is 0 Å². The Bertz CT molecular complexity index is 996. The molecule has 0 spiro atoms. The van der Waals surface area contributed by atoms with Gasteiger partial charge in [0.05, 0.1) is 22.7 Å². The van der Waals surface area contributed by atoms with Gasteiger partial charge in [-0.1, -0.05) is 6.07 Å². The first-order chi connectivity index (χ1) is 14.1. The first kappa shape index (κ1) is 18.5. The smallest absolute Gasteiger partial charge is 0.264 e. The van der Waals surface area contributed by atoms with Gasteiger partial charge in [-0.2, -0.15) is 0 Å². The van der Waals surface area contributed by atoms with Crippen molar-refractivity contribution in [2.24, 2.45) is 5.92 Å². The summed E-state index contributed by atoms with van der Waals surface area (Å²) in [6.45, 7) is 2.31. The zero-order valence-electron chi connectivity index (χ0n) is 16.2. The third-order valence-corrected chi connectivity index (χ3v) is 7.01. The number of nitrogens with one attached hydrogen (secondary N) is 1. The van der Waals surface area contributed by atoms with E-state index in [4.69, 9.17) is 4.98 Å². The maximum atomic E-state index is 12.8. The zero-order valence-corrected chi connectivity index (χ0v) is 17.0. The Morgan fingerprint density at radius 1 is 1.17 bits per heavy atom. The number of aromatic nitrogens is 2. The number of carbonyl (C=O) groups excluding carboxylic acids is 2. The molecule has 5 rings (SSSR count). The number of thiophene rings is 1. The summed E-state index contributed by atoms with van der Waals surface area (Å²) in [5, 5.41) is 1.88. The summed E-state index contributed by atoms with van der Waals surface area (Å²) in [6, 6.07) is 3.67. The Labute approximate surface area is 172 Å². The molecule has 7 nitrogen and oxygen atoms in total. The van der Waals surface area contributed by atoms with Crippen molar-refractivity contribution in [2.75, 3.05) is 19.6 Å². The highest BCUT2D eigenvalue weighted by Crippen LogP contribution is 2.34. The largest absolute Gasteiger partial charge is 0.342 e. The summed E-state index contributed by atoms with van der Waals surface area (Å²) in [7, 11) is 0. The minimum Gasteiger partial charge on any atom is -0.342 e. The molecule has 152 valence electrons. The number of nitrogens with zero attached hydrogens (tertiary/aromatic N) is 3. The van der Waals surface area contributed by atoms with E-state index in [1.807, 2.05) is 22.4 Å². The molecule has 1 atom stereocenters. The van der Waals surface area contributed by atoms with Gasteiger partial charge in [0.25, 0.3) is 11.5 Å². The maximum absolute atomic E-state index is 12.8. The average Bonchev–Trinajstić information content (AvgIpc) is 3.46. The van der Waals surface area contributed by atoms with Gasteiger partial charge in [0, 0.05) is 37.9 Å². The normalized spacial score (nSPS) is 21.7. The fraction of sp³-hybridized carbons (Fsp3) is 0.524. The van der Waals surface area contributed by atoms with Gasteiger partial charge in [-0.15, -0.1) is 11.3 Å². The lowest BCUT2D eigenvalue weighted by Gasteiger charge is -2.33. The van der Waals surface area contributed by atoms with Crippen molar-refractivity contribution in [1.29, 1.82) is 0 Å². The van der Waals surface area contributed by atoms with Crippen LogP contribution in [0.3, 0.4) is 0 Å². The summed E-state index contributed by atoms with van der Waals surface area (Å²) in [4.78, 5) is 50.0. The summed E-state index contributed by atoms with van der Waals surface area (Å²) in [5.74, 6) is 1.22. The Hall–Kier alpha value is -2.48. The number of piperidine rings is 1. The molecule has 1 saturated heterocycles. The molecule has 8 heteroatoms. The number of amides is 2. The van der Waals surface area contributed by atoms with E-state index in [2.05, 4.69) is 4.98 Å². The molecule has 2 aromatic rings. The third-order valence-electron chi connectivity index (χ3n) is 6.15. The summed E-state index contributed by atoms with van der Waals surface area (Å²) in [6.07, 6.45) is 4.47. The fourth-order valence-corrected chi connectivity index (χ4v) is 5.05. The quantitative estimate of drug-likeness (QED) is 0.837. The van der Waals surface area contributed by atoms with Gasteiger partial charge in [0.2, 0.25) is 5.91 Å². The molecule has 2 aromatic heterocycles. The minimum atomic E-state index is -0.153. The van der Waals surface area contributed by atoms with Crippen LogP contribution in [0.5, 0.6) is 0 Å². The zero-order chi connectivity index (χ0) is 20.0. The van der Waals surface area contributed by atoms with E-state index < -0.39 is 0 Å². The van der Waals surface area contributed by atoms with E-state index in [1.54, 1.807) is 4.90 Å². The van der Waals surface area contributed by atoms with Gasteiger partial charge >= 0.3 is 0 Å². The highest BCUT2D eigenvalue weighted by Gasteiger charge is 2.36. The van der Waals surface area contributed by atoms with Gasteiger partial charge in [-0.25, -0.2) is 4.98 Å². The summed E-state index contributed by atoms with van der Waals surface area (Å²) < 4.78 is 0. The monoisotopic (exact) mass is 412 g/mol. The third kappa shape index (κ3) is 3.61. The highest BCUT2D eigenvalue weighted by atomic mass is 32.1. The second-order valence-electron chi connectivity index (χ2n) is 8.23. The maximum Gasteiger partial charge on any atom is 0.264 e. The first-order valence-corrected chi connectivity index (χ1v) is 11.2. The molecule has 0 radical (unpaired) electrons. The minimum absolute atomic E-state index is 0.0318. The molecule has 2 fully saturated rings. The molecule has 29 heavy (non-hydrogen) atoms. The molecular formula is C21H24N4O3S. The lowest BCUT2D eigenvalue weighted by Crippen LogP contribution is -2.42. The molecule has 2 aliphatic heterocycles. The van der Waals surface area contributed by atoms with E-state index in [1.165, 1.54) is 11.3 Å². The van der Waals surface area contributed by atoms with Crippen molar-refractivity contribution in [1.82, 2.24) is 19.8 Å². The van der Waals surface area contributed by atoms with Gasteiger partial charge < -0.3 is 14.8 Å². The van der Waals surface area contributed by atoms with E-state index in [9.17, 15) is 14.4 Å². The van der Waals surface area contributed by atoms with E-state index in [0.717, 1.165) is 37.9 Å². The van der Waals surface area contributed by atoms with Crippen molar-refractivity contribution in [3.63, 3.8) is 0 Å². The number of carbonyl (C=O) groups is 2. The lowest BCUT2D eigenvalue weighted by molar-refractivity contribution is -0.133. The second kappa shape index (κ2) is 7.40. The van der Waals surface area contributed by atoms with Crippen LogP contribution >= 0.6 is 11.3 Å². The van der Waals surface area contributed by atoms with Crippen molar-refractivity contribution < 1.29 is 9.59 Å². The van der Waals surface area contributed by atoms with Gasteiger partial charge in [0.15, 0.2) is 0 Å². The number of H-pyrrole nitrogens is 1. The van der Waals surface area contributed by atoms with Crippen LogP contribution in [-0.4, -0.2) is 51.2 Å². The Balaban J connectivity index is 1.34. The van der Waals surface area contributed by atoms with Crippen LogP contribution < -0.4 is 5.56 Å². The molecule has 1 N–H and O–H groups in total. The van der Waals surface area contributed by atoms with Crippen LogP contribution in [0.1, 0.15) is 58.4 Å². The number of hydrogen-bond acceptors (Lipinski definition) is 5. The predicted octanol–water partition coefficient (Wildman–Crippen LogP) is 2.15. The van der Waals surface area contributed by atoms with Crippen molar-refractivity contribution >= 4 is 23.2 Å². The van der Waals surface area contributed by atoms with Crippen LogP contribution in [0.15, 0.2) is 22.3 Å². The van der Waals surface area contributed by atoms with Crippen molar-refractivity contribution in [3.05, 3.63) is 49.8 Å². The Morgan fingerprint density at radius 2 is 2.03 bits per heavy atom. The lowest BCUT2D eigenvalue weighted by atomic mass is 9.96. The number of rotatable bonds is 3. The van der Waals surface area contributed by atoms with Gasteiger partial charge in [-0.05, 0) is 37.1 Å². The van der Waals surface area contributed by atoms with Gasteiger partial charge in [-0.3, -0.25) is 14.4 Å². The standard InChI is InChI=1S/C21H24N4O3S/c26-19-15-12-25(21(28)17-4-2-10-29-17)9-7-16(15)22-18(23-19)14-3-1-8-24(11-14)20(27)13-5-6-13/h2,4,10,13-14H,1,3,5-9,11-12H2,(H,22,23,26)/t14-/m0/s1. The summed E-state index contributed by atoms with van der Waals surface area (Å²) in [5.41, 5.74) is 1.23. The highest BCUT2D eigenvalue weighted by molar-refractivity contribution is 7.12. The van der Waals surface area contributed by atoms with Gasteiger partial charge in [0.1, 0.15) is 5.82 Å². The molecule has 0 bridgehead atoms. The number of fused-ring (bicyclic) bond motifs is 1. The molecule has 2 amide bonds. The Kier molecular flexibility index (Phi) is 4.73. The van der Waals surface area contributed by atoms with Crippen LogP contribution in [-0.2, 0) is 17.8 Å². The Morgan fingerprint density at radius 3 is 2.79 bits per heavy atom. The topological polar surface area (TPSA) is 86.4 Å². The summed E-state index contributed by atoms with van der Waals surface area (Å²) >= 11 is 1.42. The van der Waals surface area contributed by atoms with Crippen LogP contribution in [0.4, 0.5) is 0 Å². The molecular weight excluding hydrogens is 388 g/mol. The van der Waals surface area contributed by atoms with Crippen LogP contribution in [0.25, 0.3) is 0 Å². The molecule has 3 aliphatic rings.